The summed E-state index contributed by atoms with van der Waals surface area (Å²) in [4.78, 5) is 16.6. The molecule has 0 saturated heterocycles. The number of carbonyl (C=O) groups is 1. The van der Waals surface area contributed by atoms with E-state index in [2.05, 4.69) is 70.4 Å². The van der Waals surface area contributed by atoms with Crippen molar-refractivity contribution in [3.05, 3.63) is 53.1 Å². The molecule has 3 rings (SSSR count). The van der Waals surface area contributed by atoms with E-state index < -0.39 is 5.97 Å². The van der Waals surface area contributed by atoms with Gasteiger partial charge < -0.3 is 14.9 Å². The first kappa shape index (κ1) is 22.2. The lowest BCUT2D eigenvalue weighted by molar-refractivity contribution is 0.0697. The molecule has 1 heterocycles. The van der Waals surface area contributed by atoms with E-state index in [0.29, 0.717) is 17.5 Å². The molecule has 0 amide bonds. The zero-order valence-electron chi connectivity index (χ0n) is 19.5. The van der Waals surface area contributed by atoms with E-state index in [4.69, 9.17) is 0 Å². The Kier molecular flexibility index (Phi) is 6.16. The number of anilines is 3. The zero-order valence-corrected chi connectivity index (χ0v) is 19.5. The van der Waals surface area contributed by atoms with Gasteiger partial charge in [-0.25, -0.2) is 4.79 Å². The molecule has 2 aromatic rings. The second-order valence-corrected chi connectivity index (χ2v) is 9.90. The van der Waals surface area contributed by atoms with Crippen LogP contribution in [0.4, 0.5) is 17.1 Å². The molecule has 0 aliphatic carbocycles. The van der Waals surface area contributed by atoms with E-state index in [1.165, 1.54) is 16.8 Å². The van der Waals surface area contributed by atoms with Crippen LogP contribution in [0.15, 0.2) is 36.4 Å². The van der Waals surface area contributed by atoms with Gasteiger partial charge in [-0.2, -0.15) is 0 Å². The van der Waals surface area contributed by atoms with Crippen LogP contribution in [0.5, 0.6) is 0 Å². The highest BCUT2D eigenvalue weighted by molar-refractivity contribution is 5.96. The maximum Gasteiger partial charge on any atom is 0.337 e. The highest BCUT2D eigenvalue weighted by atomic mass is 16.4. The maximum absolute atomic E-state index is 11.9. The Morgan fingerprint density at radius 3 is 2.40 bits per heavy atom. The van der Waals surface area contributed by atoms with Crippen LogP contribution < -0.4 is 9.80 Å². The molecule has 4 nitrogen and oxygen atoms in total. The lowest BCUT2D eigenvalue weighted by Crippen LogP contribution is -2.41. The van der Waals surface area contributed by atoms with Crippen LogP contribution in [0, 0.1) is 12.8 Å². The molecule has 4 heteroatoms. The molecule has 1 N–H and O–H groups in total. The highest BCUT2D eigenvalue weighted by Crippen LogP contribution is 2.45. The number of fused-ring (bicyclic) bond motifs is 1. The zero-order chi connectivity index (χ0) is 22.2. The predicted octanol–water partition coefficient (Wildman–Crippen LogP) is 6.38. The van der Waals surface area contributed by atoms with Crippen LogP contribution in [0.1, 0.15) is 69.4 Å². The van der Waals surface area contributed by atoms with E-state index in [1.807, 2.05) is 12.1 Å². The lowest BCUT2D eigenvalue weighted by Gasteiger charge is -2.43. The molecule has 1 aliphatic rings. The molecule has 162 valence electrons. The molecule has 0 spiro atoms. The Morgan fingerprint density at radius 2 is 1.80 bits per heavy atom. The summed E-state index contributed by atoms with van der Waals surface area (Å²) in [5.41, 5.74) is 6.14. The topological polar surface area (TPSA) is 43.8 Å². The number of nitrogens with zero attached hydrogens (tertiary/aromatic N) is 2. The molecule has 0 atom stereocenters. The molecular weight excluding hydrogens is 372 g/mol. The van der Waals surface area contributed by atoms with Gasteiger partial charge >= 0.3 is 5.97 Å². The van der Waals surface area contributed by atoms with E-state index in [1.54, 1.807) is 12.1 Å². The van der Waals surface area contributed by atoms with Crippen LogP contribution in [-0.4, -0.2) is 30.2 Å². The first-order valence-corrected chi connectivity index (χ1v) is 11.0. The minimum absolute atomic E-state index is 0.0823. The van der Waals surface area contributed by atoms with Crippen molar-refractivity contribution in [2.45, 2.75) is 66.3 Å². The standard InChI is InChI=1S/C26H36N2O2/c1-17(2)16-28(22-11-9-8-10-20(22)25(29)30)23-15-21-24(14-19(23)5)27(18(3)4)13-12-26(21,6)7/h8-11,14-15,17-18H,12-13,16H2,1-7H3,(H,29,30). The number of hydrogen-bond acceptors (Lipinski definition) is 3. The highest BCUT2D eigenvalue weighted by Gasteiger charge is 2.34. The van der Waals surface area contributed by atoms with E-state index in [0.717, 1.165) is 30.9 Å². The van der Waals surface area contributed by atoms with Gasteiger partial charge in [-0.15, -0.1) is 0 Å². The molecule has 0 fully saturated rings. The van der Waals surface area contributed by atoms with Gasteiger partial charge in [0.1, 0.15) is 0 Å². The van der Waals surface area contributed by atoms with Crippen LogP contribution in [0.2, 0.25) is 0 Å². The molecule has 2 aromatic carbocycles. The molecule has 0 radical (unpaired) electrons. The summed E-state index contributed by atoms with van der Waals surface area (Å²) in [6, 6.07) is 12.4. The summed E-state index contributed by atoms with van der Waals surface area (Å²) >= 11 is 0. The molecular formula is C26H36N2O2. The number of para-hydroxylation sites is 1. The number of carboxylic acid groups (broad SMARTS) is 1. The van der Waals surface area contributed by atoms with Gasteiger partial charge in [0.2, 0.25) is 0 Å². The van der Waals surface area contributed by atoms with Gasteiger partial charge in [0.25, 0.3) is 0 Å². The van der Waals surface area contributed by atoms with Crippen molar-refractivity contribution in [3.63, 3.8) is 0 Å². The summed E-state index contributed by atoms with van der Waals surface area (Å²) in [6.07, 6.45) is 1.11. The quantitative estimate of drug-likeness (QED) is 0.602. The summed E-state index contributed by atoms with van der Waals surface area (Å²) in [6.45, 7) is 17.5. The van der Waals surface area contributed by atoms with Crippen molar-refractivity contribution in [3.8, 4) is 0 Å². The van der Waals surface area contributed by atoms with Gasteiger partial charge in [0.15, 0.2) is 0 Å². The first-order chi connectivity index (χ1) is 14.0. The second kappa shape index (κ2) is 8.33. The van der Waals surface area contributed by atoms with Gasteiger partial charge in [-0.3, -0.25) is 0 Å². The van der Waals surface area contributed by atoms with Crippen molar-refractivity contribution in [1.29, 1.82) is 0 Å². The first-order valence-electron chi connectivity index (χ1n) is 11.0. The normalized spacial score (nSPS) is 15.4. The Labute approximate surface area is 181 Å². The lowest BCUT2D eigenvalue weighted by atomic mass is 9.76. The Morgan fingerprint density at radius 1 is 1.13 bits per heavy atom. The number of aryl methyl sites for hydroxylation is 1. The average Bonchev–Trinajstić information content (AvgIpc) is 2.65. The van der Waals surface area contributed by atoms with Gasteiger partial charge in [0, 0.05) is 30.5 Å². The Balaban J connectivity index is 2.22. The number of hydrogen-bond donors (Lipinski definition) is 1. The molecule has 30 heavy (non-hydrogen) atoms. The van der Waals surface area contributed by atoms with Crippen molar-refractivity contribution in [1.82, 2.24) is 0 Å². The average molecular weight is 409 g/mol. The third kappa shape index (κ3) is 4.19. The Bertz CT molecular complexity index is 931. The fraction of sp³-hybridized carbons (Fsp3) is 0.500. The second-order valence-electron chi connectivity index (χ2n) is 9.90. The molecule has 0 saturated carbocycles. The van der Waals surface area contributed by atoms with E-state index >= 15 is 0 Å². The Hall–Kier alpha value is -2.49. The largest absolute Gasteiger partial charge is 0.478 e. The summed E-state index contributed by atoms with van der Waals surface area (Å²) in [7, 11) is 0. The SMILES string of the molecule is Cc1cc2c(cc1N(CC(C)C)c1ccccc1C(=O)O)C(C)(C)CCN2C(C)C. The molecule has 1 aliphatic heterocycles. The fourth-order valence-electron chi connectivity index (χ4n) is 4.52. The van der Waals surface area contributed by atoms with Crippen molar-refractivity contribution in [2.24, 2.45) is 5.92 Å². The van der Waals surface area contributed by atoms with Crippen molar-refractivity contribution < 1.29 is 9.90 Å². The number of carboxylic acids is 1. The summed E-state index contributed by atoms with van der Waals surface area (Å²) in [5, 5.41) is 9.80. The fourth-order valence-corrected chi connectivity index (χ4v) is 4.52. The van der Waals surface area contributed by atoms with Crippen LogP contribution in [-0.2, 0) is 5.41 Å². The predicted molar refractivity (Wildman–Crippen MR) is 127 cm³/mol. The van der Waals surface area contributed by atoms with Gasteiger partial charge in [0.05, 0.1) is 11.3 Å². The van der Waals surface area contributed by atoms with E-state index in [9.17, 15) is 9.90 Å². The maximum atomic E-state index is 11.9. The van der Waals surface area contributed by atoms with Crippen LogP contribution >= 0.6 is 0 Å². The molecule has 0 aromatic heterocycles. The minimum atomic E-state index is -0.888. The van der Waals surface area contributed by atoms with E-state index in [-0.39, 0.29) is 5.41 Å². The summed E-state index contributed by atoms with van der Waals surface area (Å²) in [5.74, 6) is -0.497. The van der Waals surface area contributed by atoms with Crippen LogP contribution in [0.25, 0.3) is 0 Å². The summed E-state index contributed by atoms with van der Waals surface area (Å²) < 4.78 is 0. The monoisotopic (exact) mass is 408 g/mol. The van der Waals surface area contributed by atoms with Crippen molar-refractivity contribution >= 4 is 23.0 Å². The smallest absolute Gasteiger partial charge is 0.337 e. The number of benzene rings is 2. The molecule has 0 unspecified atom stereocenters. The van der Waals surface area contributed by atoms with Gasteiger partial charge in [-0.05, 0) is 73.9 Å². The van der Waals surface area contributed by atoms with Crippen LogP contribution in [0.3, 0.4) is 0 Å². The van der Waals surface area contributed by atoms with Crippen molar-refractivity contribution in [2.75, 3.05) is 22.9 Å². The van der Waals surface area contributed by atoms with Gasteiger partial charge in [-0.1, -0.05) is 39.8 Å². The third-order valence-electron chi connectivity index (χ3n) is 6.22. The number of aromatic carboxylic acids is 1. The minimum Gasteiger partial charge on any atom is -0.478 e. The third-order valence-corrected chi connectivity index (χ3v) is 6.22. The molecule has 0 bridgehead atoms. The number of rotatable bonds is 6.